The highest BCUT2D eigenvalue weighted by Gasteiger charge is 1.97. The molecule has 6 heteroatoms. The van der Waals surface area contributed by atoms with Crippen LogP contribution >= 0.6 is 0 Å². The number of rotatable bonds is 0. The van der Waals surface area contributed by atoms with Gasteiger partial charge in [0.1, 0.15) is 0 Å². The molecule has 4 nitrogen and oxygen atoms in total. The third-order valence-corrected chi connectivity index (χ3v) is 1.84. The second kappa shape index (κ2) is 6.91. The van der Waals surface area contributed by atoms with Crippen LogP contribution < -0.4 is 9.59 Å². The molecule has 0 N–H and O–H groups in total. The van der Waals surface area contributed by atoms with Gasteiger partial charge < -0.3 is 18.5 Å². The summed E-state index contributed by atoms with van der Waals surface area (Å²) in [6.45, 7) is 1.01. The average molecular weight is 176 g/mol. The Hall–Kier alpha value is -0.206. The topological polar surface area (TPSA) is 72.4 Å². The lowest BCUT2D eigenvalue weighted by molar-refractivity contribution is -0.354. The molecule has 0 aromatic rings. The molecule has 1 saturated heterocycles. The highest BCUT2D eigenvalue weighted by Crippen LogP contribution is 2.01. The number of hydrogen-bond donors (Lipinski definition) is 0. The van der Waals surface area contributed by atoms with Gasteiger partial charge in [-0.3, -0.25) is 0 Å². The molecule has 0 aliphatic carbocycles. The third-order valence-electron chi connectivity index (χ3n) is 0.877. The normalized spacial score (nSPS) is 16.8. The first-order valence-corrected chi connectivity index (χ1v) is 5.30. The zero-order valence-electron chi connectivity index (χ0n) is 5.46. The SMILES string of the molecule is C1CC[Si]OC1.O=[Si]([O-])[O-]. The van der Waals surface area contributed by atoms with E-state index >= 15 is 0 Å². The fourth-order valence-corrected chi connectivity index (χ4v) is 1.34. The van der Waals surface area contributed by atoms with Crippen molar-refractivity contribution in [1.82, 2.24) is 0 Å². The molecule has 1 aliphatic rings. The van der Waals surface area contributed by atoms with E-state index in [1.54, 1.807) is 0 Å². The zero-order chi connectivity index (χ0) is 7.82. The van der Waals surface area contributed by atoms with Crippen molar-refractivity contribution >= 4 is 18.9 Å². The van der Waals surface area contributed by atoms with Crippen LogP contribution in [0, 0.1) is 0 Å². The molecule has 0 unspecified atom stereocenters. The second-order valence-electron chi connectivity index (χ2n) is 1.70. The molecule has 0 saturated carbocycles. The van der Waals surface area contributed by atoms with Crippen molar-refractivity contribution in [3.8, 4) is 0 Å². The molecule has 0 amide bonds. The minimum Gasteiger partial charge on any atom is -0.672 e. The Morgan fingerprint density at radius 1 is 1.40 bits per heavy atom. The van der Waals surface area contributed by atoms with Gasteiger partial charge in [0.25, 0.3) is 0 Å². The maximum Gasteiger partial charge on any atom is 0.229 e. The molecule has 1 rings (SSSR count). The van der Waals surface area contributed by atoms with E-state index in [0.29, 0.717) is 0 Å². The van der Waals surface area contributed by atoms with Gasteiger partial charge in [0.2, 0.25) is 9.76 Å². The van der Waals surface area contributed by atoms with Crippen molar-refractivity contribution in [3.05, 3.63) is 0 Å². The largest absolute Gasteiger partial charge is 0.672 e. The van der Waals surface area contributed by atoms with Crippen molar-refractivity contribution in [2.24, 2.45) is 0 Å². The van der Waals surface area contributed by atoms with Gasteiger partial charge in [-0.05, 0) is 12.5 Å². The van der Waals surface area contributed by atoms with Gasteiger partial charge in [0.05, 0.1) is 0 Å². The predicted octanol–water partition coefficient (Wildman–Crippen LogP) is -2.04. The summed E-state index contributed by atoms with van der Waals surface area (Å²) in [5, 5.41) is 0. The summed E-state index contributed by atoms with van der Waals surface area (Å²) in [6, 6.07) is 1.31. The quantitative estimate of drug-likeness (QED) is 0.398. The summed E-state index contributed by atoms with van der Waals surface area (Å²) in [5.74, 6) is 0. The Kier molecular flexibility index (Phi) is 6.77. The van der Waals surface area contributed by atoms with E-state index in [9.17, 15) is 0 Å². The molecule has 0 atom stereocenters. The van der Waals surface area contributed by atoms with Crippen LogP contribution in [0.5, 0.6) is 0 Å². The van der Waals surface area contributed by atoms with E-state index in [4.69, 9.17) is 18.5 Å². The molecule has 1 aliphatic heterocycles. The molecule has 58 valence electrons. The smallest absolute Gasteiger partial charge is 0.229 e. The fourth-order valence-electron chi connectivity index (χ4n) is 0.516. The predicted molar refractivity (Wildman–Crippen MR) is 32.2 cm³/mol. The Labute approximate surface area is 63.7 Å². The van der Waals surface area contributed by atoms with Gasteiger partial charge in [0, 0.05) is 15.8 Å². The van der Waals surface area contributed by atoms with Gasteiger partial charge in [-0.15, -0.1) is 0 Å². The van der Waals surface area contributed by atoms with Crippen LogP contribution in [-0.4, -0.2) is 25.5 Å². The van der Waals surface area contributed by atoms with Crippen LogP contribution in [0.4, 0.5) is 0 Å². The molecular formula is C4H8O4Si2-2. The van der Waals surface area contributed by atoms with Crippen molar-refractivity contribution < 1.29 is 18.5 Å². The van der Waals surface area contributed by atoms with E-state index in [2.05, 4.69) is 0 Å². The zero-order valence-corrected chi connectivity index (χ0v) is 7.46. The lowest BCUT2D eigenvalue weighted by Crippen LogP contribution is -2.34. The summed E-state index contributed by atoms with van der Waals surface area (Å²) in [4.78, 5) is 17.0. The molecular weight excluding hydrogens is 168 g/mol. The first-order valence-electron chi connectivity index (χ1n) is 2.96. The lowest BCUT2D eigenvalue weighted by Gasteiger charge is -2.06. The minimum atomic E-state index is -3.63. The highest BCUT2D eigenvalue weighted by molar-refractivity contribution is 6.27. The van der Waals surface area contributed by atoms with Crippen LogP contribution in [0.1, 0.15) is 12.8 Å². The first kappa shape index (κ1) is 9.79. The van der Waals surface area contributed by atoms with Gasteiger partial charge in [-0.25, -0.2) is 0 Å². The summed E-state index contributed by atoms with van der Waals surface area (Å²) in [7, 11) is -2.83. The van der Waals surface area contributed by atoms with Gasteiger partial charge in [0.15, 0.2) is 0 Å². The molecule has 0 aromatic carbocycles. The maximum atomic E-state index is 8.52. The van der Waals surface area contributed by atoms with E-state index < -0.39 is 9.17 Å². The van der Waals surface area contributed by atoms with Crippen LogP contribution in [0.3, 0.4) is 0 Å². The monoisotopic (exact) mass is 176 g/mol. The van der Waals surface area contributed by atoms with Gasteiger partial charge >= 0.3 is 0 Å². The molecule has 2 radical (unpaired) electrons. The molecule has 10 heavy (non-hydrogen) atoms. The van der Waals surface area contributed by atoms with Crippen LogP contribution in [-0.2, 0) is 8.89 Å². The van der Waals surface area contributed by atoms with Crippen molar-refractivity contribution in [3.63, 3.8) is 0 Å². The first-order chi connectivity index (χ1) is 4.73. The number of hydrogen-bond acceptors (Lipinski definition) is 4. The standard InChI is InChI=1S/C4H8OSi.O3Si/c1-2-4-6-5-3-1;1-4(2)3/h1-4H2;/q;-2. The summed E-state index contributed by atoms with van der Waals surface area (Å²) < 4.78 is 13.6. The molecule has 1 fully saturated rings. The van der Waals surface area contributed by atoms with Crippen molar-refractivity contribution in [1.29, 1.82) is 0 Å². The highest BCUT2D eigenvalue weighted by atomic mass is 28.3. The van der Waals surface area contributed by atoms with Crippen LogP contribution in [0.2, 0.25) is 6.04 Å². The molecule has 1 heterocycles. The Balaban J connectivity index is 0.000000180. The van der Waals surface area contributed by atoms with E-state index in [0.717, 1.165) is 16.4 Å². The second-order valence-corrected chi connectivity index (χ2v) is 3.28. The van der Waals surface area contributed by atoms with E-state index in [1.807, 2.05) is 0 Å². The third kappa shape index (κ3) is 10.7. The Morgan fingerprint density at radius 2 is 2.00 bits per heavy atom. The minimum absolute atomic E-state index is 0.802. The van der Waals surface area contributed by atoms with E-state index in [-0.39, 0.29) is 0 Å². The average Bonchev–Trinajstić information content (AvgIpc) is 1.90. The Bertz CT molecular complexity index is 77.7. The molecule has 0 spiro atoms. The van der Waals surface area contributed by atoms with Gasteiger partial charge in [-0.1, -0.05) is 6.42 Å². The molecule has 0 bridgehead atoms. The van der Waals surface area contributed by atoms with Crippen LogP contribution in [0.25, 0.3) is 0 Å². The fraction of sp³-hybridized carbons (Fsp3) is 1.00. The van der Waals surface area contributed by atoms with Crippen molar-refractivity contribution in [2.75, 3.05) is 6.61 Å². The molecule has 0 aromatic heterocycles. The maximum absolute atomic E-state index is 8.52. The summed E-state index contributed by atoms with van der Waals surface area (Å²) in [6.07, 6.45) is 2.67. The summed E-state index contributed by atoms with van der Waals surface area (Å²) >= 11 is 0. The van der Waals surface area contributed by atoms with Crippen molar-refractivity contribution in [2.45, 2.75) is 18.9 Å². The van der Waals surface area contributed by atoms with E-state index in [1.165, 1.54) is 18.9 Å². The lowest BCUT2D eigenvalue weighted by atomic mass is 10.4. The van der Waals surface area contributed by atoms with Gasteiger partial charge in [-0.2, -0.15) is 0 Å². The Morgan fingerprint density at radius 3 is 2.10 bits per heavy atom. The van der Waals surface area contributed by atoms with Crippen LogP contribution in [0.15, 0.2) is 0 Å². The summed E-state index contributed by atoms with van der Waals surface area (Å²) in [5.41, 5.74) is 0.